The van der Waals surface area contributed by atoms with Crippen molar-refractivity contribution in [2.45, 2.75) is 53.0 Å². The van der Waals surface area contributed by atoms with Crippen molar-refractivity contribution in [3.63, 3.8) is 0 Å². The third kappa shape index (κ3) is 4.63. The predicted octanol–water partition coefficient (Wildman–Crippen LogP) is 2.97. The number of amides is 2. The van der Waals surface area contributed by atoms with Crippen LogP contribution >= 0.6 is 0 Å². The highest BCUT2D eigenvalue weighted by Gasteiger charge is 2.25. The number of hydrogen-bond acceptors (Lipinski definition) is 5. The summed E-state index contributed by atoms with van der Waals surface area (Å²) in [5.74, 6) is 0.121. The van der Waals surface area contributed by atoms with Gasteiger partial charge < -0.3 is 10.6 Å². The first-order valence-corrected chi connectivity index (χ1v) is 10.4. The fraction of sp³-hybridized carbons (Fsp3) is 0.348. The topological polar surface area (TPSA) is 102 Å². The lowest BCUT2D eigenvalue weighted by Crippen LogP contribution is -2.27. The Morgan fingerprint density at radius 1 is 1.06 bits per heavy atom. The number of anilines is 1. The summed E-state index contributed by atoms with van der Waals surface area (Å²) in [6.07, 6.45) is 2.15. The van der Waals surface area contributed by atoms with Crippen LogP contribution in [0.2, 0.25) is 0 Å². The second kappa shape index (κ2) is 8.29. The van der Waals surface area contributed by atoms with Crippen molar-refractivity contribution >= 4 is 17.5 Å². The highest BCUT2D eigenvalue weighted by molar-refractivity contribution is 6.04. The van der Waals surface area contributed by atoms with Crippen molar-refractivity contribution < 1.29 is 9.59 Å². The van der Waals surface area contributed by atoms with E-state index < -0.39 is 0 Å². The molecule has 2 aromatic heterocycles. The fourth-order valence-electron chi connectivity index (χ4n) is 3.56. The molecule has 2 amide bonds. The van der Waals surface area contributed by atoms with Gasteiger partial charge in [0.2, 0.25) is 5.91 Å². The van der Waals surface area contributed by atoms with Gasteiger partial charge in [-0.1, -0.05) is 12.1 Å². The summed E-state index contributed by atoms with van der Waals surface area (Å²) in [6.45, 7) is 7.59. The number of para-hydroxylation sites is 1. The Bertz CT molecular complexity index is 1140. The Balaban J connectivity index is 1.53. The van der Waals surface area contributed by atoms with Crippen molar-refractivity contribution in [1.82, 2.24) is 25.1 Å². The van der Waals surface area contributed by atoms with Gasteiger partial charge in [-0.05, 0) is 58.7 Å². The fourth-order valence-corrected chi connectivity index (χ4v) is 3.56. The number of hydrogen-bond donors (Lipinski definition) is 2. The maximum Gasteiger partial charge on any atom is 0.253 e. The second-order valence-corrected chi connectivity index (χ2v) is 8.03. The summed E-state index contributed by atoms with van der Waals surface area (Å²) in [4.78, 5) is 34.3. The molecule has 0 bridgehead atoms. The van der Waals surface area contributed by atoms with E-state index >= 15 is 0 Å². The summed E-state index contributed by atoms with van der Waals surface area (Å²) in [5.41, 5.74) is 5.07. The standard InChI is InChI=1S/C23H26N6O2/c1-13-11-14(2)25-23(24-13)29-16(4)19(15(3)28-29)12-21(30)27-20-8-6-5-7-18(20)22(31)26-17-9-10-17/h5-8,11,17H,9-10,12H2,1-4H3,(H,26,31)(H,27,30). The van der Waals surface area contributed by atoms with E-state index in [1.54, 1.807) is 28.9 Å². The number of aromatic nitrogens is 4. The molecular formula is C23H26N6O2. The molecule has 1 aliphatic rings. The molecular weight excluding hydrogens is 392 g/mol. The van der Waals surface area contributed by atoms with Gasteiger partial charge >= 0.3 is 0 Å². The summed E-state index contributed by atoms with van der Waals surface area (Å²) >= 11 is 0. The molecule has 8 heteroatoms. The molecule has 1 aromatic carbocycles. The number of nitrogens with one attached hydrogen (secondary N) is 2. The molecule has 8 nitrogen and oxygen atoms in total. The van der Waals surface area contributed by atoms with E-state index in [0.29, 0.717) is 17.2 Å². The molecule has 4 rings (SSSR count). The van der Waals surface area contributed by atoms with Crippen LogP contribution in [0.15, 0.2) is 30.3 Å². The van der Waals surface area contributed by atoms with Crippen LogP contribution in [0.1, 0.15) is 51.5 Å². The van der Waals surface area contributed by atoms with Gasteiger partial charge in [0.05, 0.1) is 23.4 Å². The van der Waals surface area contributed by atoms with Crippen LogP contribution in [0.3, 0.4) is 0 Å². The zero-order valence-electron chi connectivity index (χ0n) is 18.2. The molecule has 0 saturated heterocycles. The van der Waals surface area contributed by atoms with E-state index in [1.165, 1.54) is 0 Å². The first-order chi connectivity index (χ1) is 14.8. The van der Waals surface area contributed by atoms with E-state index in [1.807, 2.05) is 33.8 Å². The maximum absolute atomic E-state index is 12.8. The van der Waals surface area contributed by atoms with Crippen LogP contribution in [0.4, 0.5) is 5.69 Å². The lowest BCUT2D eigenvalue weighted by molar-refractivity contribution is -0.115. The summed E-state index contributed by atoms with van der Waals surface area (Å²) in [7, 11) is 0. The Morgan fingerprint density at radius 3 is 2.42 bits per heavy atom. The van der Waals surface area contributed by atoms with Gasteiger partial charge in [0.15, 0.2) is 0 Å². The van der Waals surface area contributed by atoms with Gasteiger partial charge in [-0.3, -0.25) is 9.59 Å². The molecule has 1 saturated carbocycles. The van der Waals surface area contributed by atoms with Crippen LogP contribution < -0.4 is 10.6 Å². The SMILES string of the molecule is Cc1cc(C)nc(-n2nc(C)c(CC(=O)Nc3ccccc3C(=O)NC3CC3)c2C)n1. The minimum absolute atomic E-state index is 0.140. The number of nitrogens with zero attached hydrogens (tertiary/aromatic N) is 4. The molecule has 0 spiro atoms. The second-order valence-electron chi connectivity index (χ2n) is 8.03. The number of benzene rings is 1. The Hall–Kier alpha value is -3.55. The number of rotatable bonds is 6. The van der Waals surface area contributed by atoms with Crippen molar-refractivity contribution in [3.05, 3.63) is 64.2 Å². The van der Waals surface area contributed by atoms with Gasteiger partial charge in [-0.2, -0.15) is 5.10 Å². The van der Waals surface area contributed by atoms with Crippen LogP contribution in [-0.4, -0.2) is 37.6 Å². The summed E-state index contributed by atoms with van der Waals surface area (Å²) < 4.78 is 1.68. The minimum Gasteiger partial charge on any atom is -0.349 e. The van der Waals surface area contributed by atoms with Crippen LogP contribution in [-0.2, 0) is 11.2 Å². The molecule has 0 unspecified atom stereocenters. The van der Waals surface area contributed by atoms with E-state index in [4.69, 9.17) is 0 Å². The quantitative estimate of drug-likeness (QED) is 0.641. The van der Waals surface area contributed by atoms with Gasteiger partial charge in [0, 0.05) is 28.7 Å². The molecule has 0 atom stereocenters. The average molecular weight is 419 g/mol. The van der Waals surface area contributed by atoms with E-state index in [0.717, 1.165) is 41.2 Å². The van der Waals surface area contributed by atoms with Crippen LogP contribution in [0.25, 0.3) is 5.95 Å². The van der Waals surface area contributed by atoms with Gasteiger partial charge in [-0.25, -0.2) is 14.6 Å². The zero-order chi connectivity index (χ0) is 22.1. The van der Waals surface area contributed by atoms with Gasteiger partial charge in [-0.15, -0.1) is 0 Å². The molecule has 1 aliphatic carbocycles. The Kier molecular flexibility index (Phi) is 5.54. The number of carbonyl (C=O) groups is 2. The highest BCUT2D eigenvalue weighted by atomic mass is 16.2. The molecule has 2 heterocycles. The van der Waals surface area contributed by atoms with Crippen molar-refractivity contribution in [2.24, 2.45) is 0 Å². The van der Waals surface area contributed by atoms with E-state index in [9.17, 15) is 9.59 Å². The Morgan fingerprint density at radius 2 is 1.74 bits per heavy atom. The summed E-state index contributed by atoms with van der Waals surface area (Å²) in [5, 5.41) is 10.4. The Labute approximate surface area is 181 Å². The lowest BCUT2D eigenvalue weighted by Gasteiger charge is -2.11. The third-order valence-corrected chi connectivity index (χ3v) is 5.30. The highest BCUT2D eigenvalue weighted by Crippen LogP contribution is 2.22. The lowest BCUT2D eigenvalue weighted by atomic mass is 10.1. The van der Waals surface area contributed by atoms with Crippen LogP contribution in [0.5, 0.6) is 0 Å². The zero-order valence-corrected chi connectivity index (χ0v) is 18.2. The molecule has 0 aliphatic heterocycles. The normalized spacial score (nSPS) is 13.2. The third-order valence-electron chi connectivity index (χ3n) is 5.30. The smallest absolute Gasteiger partial charge is 0.253 e. The first-order valence-electron chi connectivity index (χ1n) is 10.4. The summed E-state index contributed by atoms with van der Waals surface area (Å²) in [6, 6.07) is 9.21. The molecule has 2 N–H and O–H groups in total. The molecule has 0 radical (unpaired) electrons. The minimum atomic E-state index is -0.209. The van der Waals surface area contributed by atoms with Gasteiger partial charge in [0.25, 0.3) is 11.9 Å². The predicted molar refractivity (Wildman–Crippen MR) is 117 cm³/mol. The van der Waals surface area contributed by atoms with Crippen molar-refractivity contribution in [1.29, 1.82) is 0 Å². The van der Waals surface area contributed by atoms with E-state index in [2.05, 4.69) is 25.7 Å². The van der Waals surface area contributed by atoms with Crippen molar-refractivity contribution in [3.8, 4) is 5.95 Å². The molecule has 3 aromatic rings. The van der Waals surface area contributed by atoms with Gasteiger partial charge in [0.1, 0.15) is 0 Å². The van der Waals surface area contributed by atoms with Crippen LogP contribution in [0, 0.1) is 27.7 Å². The first kappa shape index (κ1) is 20.7. The van der Waals surface area contributed by atoms with Crippen molar-refractivity contribution in [2.75, 3.05) is 5.32 Å². The average Bonchev–Trinajstić information content (AvgIpc) is 3.48. The molecule has 31 heavy (non-hydrogen) atoms. The number of aryl methyl sites for hydroxylation is 3. The van der Waals surface area contributed by atoms with E-state index in [-0.39, 0.29) is 24.3 Å². The maximum atomic E-state index is 12.8. The monoisotopic (exact) mass is 418 g/mol. The number of carbonyl (C=O) groups excluding carboxylic acids is 2. The molecule has 1 fully saturated rings. The molecule has 160 valence electrons. The largest absolute Gasteiger partial charge is 0.349 e.